The maximum atomic E-state index is 4.80. The number of nitrogens with zero attached hydrogens (tertiary/aromatic N) is 2. The molecule has 2 heteroatoms. The van der Waals surface area contributed by atoms with Crippen molar-refractivity contribution < 1.29 is 0 Å². The fourth-order valence-electron chi connectivity index (χ4n) is 3.36. The molecule has 2 rings (SSSR count). The molecule has 2 nitrogen and oxygen atoms in total. The first kappa shape index (κ1) is 11.7. The molecule has 4 atom stereocenters. The summed E-state index contributed by atoms with van der Waals surface area (Å²) in [4.78, 5) is 0. The first-order valence-electron chi connectivity index (χ1n) is 6.33. The fourth-order valence-corrected chi connectivity index (χ4v) is 3.36. The van der Waals surface area contributed by atoms with Crippen molar-refractivity contribution >= 4 is 5.71 Å². The van der Waals surface area contributed by atoms with Gasteiger partial charge in [0.2, 0.25) is 0 Å². The predicted molar refractivity (Wildman–Crippen MR) is 69.5 cm³/mol. The van der Waals surface area contributed by atoms with Gasteiger partial charge in [0.25, 0.3) is 0 Å². The van der Waals surface area contributed by atoms with E-state index in [1.807, 2.05) is 0 Å². The Kier molecular flexibility index (Phi) is 2.45. The third-order valence-corrected chi connectivity index (χ3v) is 5.40. The molecule has 0 aliphatic carbocycles. The summed E-state index contributed by atoms with van der Waals surface area (Å²) in [6.07, 6.45) is 0. The summed E-state index contributed by atoms with van der Waals surface area (Å²) >= 11 is 0. The van der Waals surface area contributed by atoms with Crippen molar-refractivity contribution in [2.75, 3.05) is 0 Å². The van der Waals surface area contributed by atoms with Crippen LogP contribution in [0.25, 0.3) is 0 Å². The van der Waals surface area contributed by atoms with Gasteiger partial charge in [0.05, 0.1) is 11.6 Å². The molecule has 4 unspecified atom stereocenters. The molecule has 2 aliphatic rings. The van der Waals surface area contributed by atoms with Crippen LogP contribution in [0.1, 0.15) is 48.5 Å². The number of fused-ring (bicyclic) bond motifs is 1. The van der Waals surface area contributed by atoms with Crippen LogP contribution < -0.4 is 0 Å². The van der Waals surface area contributed by atoms with Gasteiger partial charge in [-0.25, -0.2) is 0 Å². The van der Waals surface area contributed by atoms with Crippen LogP contribution in [0.2, 0.25) is 0 Å². The lowest BCUT2D eigenvalue weighted by atomic mass is 9.68. The van der Waals surface area contributed by atoms with E-state index < -0.39 is 0 Å². The molecular weight excluding hydrogens is 196 g/mol. The van der Waals surface area contributed by atoms with E-state index in [-0.39, 0.29) is 5.54 Å². The molecular formula is C14H24N2. The lowest BCUT2D eigenvalue weighted by Gasteiger charge is -2.50. The molecule has 90 valence electrons. The zero-order chi connectivity index (χ0) is 12.2. The van der Waals surface area contributed by atoms with Crippen molar-refractivity contribution in [1.82, 2.24) is 5.01 Å². The summed E-state index contributed by atoms with van der Waals surface area (Å²) in [5.74, 6) is 1.13. The summed E-state index contributed by atoms with van der Waals surface area (Å²) in [6.45, 7) is 16.0. The van der Waals surface area contributed by atoms with Crippen LogP contribution in [-0.2, 0) is 0 Å². The molecule has 0 aromatic carbocycles. The van der Waals surface area contributed by atoms with E-state index in [0.29, 0.717) is 17.9 Å². The Balaban J connectivity index is 2.55. The molecule has 0 fully saturated rings. The normalized spacial score (nSPS) is 43.6. The SMILES string of the molecule is CC1=NN2C(C)C(C)=C(C)C(C)C2(C)C1C. The van der Waals surface area contributed by atoms with E-state index in [9.17, 15) is 0 Å². The van der Waals surface area contributed by atoms with Crippen LogP contribution in [0.15, 0.2) is 16.2 Å². The van der Waals surface area contributed by atoms with E-state index in [4.69, 9.17) is 5.10 Å². The van der Waals surface area contributed by atoms with E-state index in [0.717, 1.165) is 0 Å². The molecule has 0 radical (unpaired) electrons. The van der Waals surface area contributed by atoms with Crippen molar-refractivity contribution in [1.29, 1.82) is 0 Å². The van der Waals surface area contributed by atoms with Crippen LogP contribution in [0, 0.1) is 11.8 Å². The van der Waals surface area contributed by atoms with Gasteiger partial charge >= 0.3 is 0 Å². The summed E-state index contributed by atoms with van der Waals surface area (Å²) < 4.78 is 0. The molecule has 2 heterocycles. The van der Waals surface area contributed by atoms with Crippen molar-refractivity contribution in [2.24, 2.45) is 16.9 Å². The lowest BCUT2D eigenvalue weighted by Crippen LogP contribution is -2.56. The van der Waals surface area contributed by atoms with Crippen LogP contribution in [0.4, 0.5) is 0 Å². The molecule has 16 heavy (non-hydrogen) atoms. The summed E-state index contributed by atoms with van der Waals surface area (Å²) in [7, 11) is 0. The second kappa shape index (κ2) is 3.35. The van der Waals surface area contributed by atoms with Crippen LogP contribution in [0.5, 0.6) is 0 Å². The third kappa shape index (κ3) is 1.16. The summed E-state index contributed by atoms with van der Waals surface area (Å²) in [5.41, 5.74) is 4.51. The van der Waals surface area contributed by atoms with Gasteiger partial charge in [0.15, 0.2) is 0 Å². The van der Waals surface area contributed by atoms with Gasteiger partial charge in [-0.15, -0.1) is 0 Å². The zero-order valence-electron chi connectivity index (χ0n) is 11.6. The quantitative estimate of drug-likeness (QED) is 0.571. The fraction of sp³-hybridized carbons (Fsp3) is 0.786. The maximum Gasteiger partial charge on any atom is 0.0698 e. The first-order chi connectivity index (χ1) is 7.31. The average Bonchev–Trinajstić information content (AvgIpc) is 2.49. The number of hydrogen-bond acceptors (Lipinski definition) is 2. The average molecular weight is 220 g/mol. The molecule has 0 saturated carbocycles. The molecule has 0 N–H and O–H groups in total. The standard InChI is InChI=1S/C14H24N2/c1-8-9(2)13(6)16-14(7,10(8)3)11(4)12(5)15-16/h10-11,13H,1-7H3. The highest BCUT2D eigenvalue weighted by Gasteiger charge is 2.52. The van der Waals surface area contributed by atoms with Crippen molar-refractivity contribution in [3.63, 3.8) is 0 Å². The second-order valence-electron chi connectivity index (χ2n) is 5.80. The molecule has 0 spiro atoms. The van der Waals surface area contributed by atoms with E-state index in [2.05, 4.69) is 53.5 Å². The highest BCUT2D eigenvalue weighted by molar-refractivity contribution is 5.87. The Morgan fingerprint density at radius 3 is 2.12 bits per heavy atom. The number of rotatable bonds is 0. The molecule has 0 amide bonds. The van der Waals surface area contributed by atoms with Gasteiger partial charge in [0, 0.05) is 17.5 Å². The minimum absolute atomic E-state index is 0.174. The van der Waals surface area contributed by atoms with Gasteiger partial charge in [-0.3, -0.25) is 5.01 Å². The Morgan fingerprint density at radius 1 is 1.00 bits per heavy atom. The molecule has 0 aromatic heterocycles. The Morgan fingerprint density at radius 2 is 1.56 bits per heavy atom. The maximum absolute atomic E-state index is 4.80. The first-order valence-corrected chi connectivity index (χ1v) is 6.33. The zero-order valence-corrected chi connectivity index (χ0v) is 11.6. The largest absolute Gasteiger partial charge is 0.283 e. The Labute approximate surface area is 99.4 Å². The summed E-state index contributed by atoms with van der Waals surface area (Å²) in [6, 6.07) is 0.445. The van der Waals surface area contributed by atoms with Gasteiger partial charge in [-0.1, -0.05) is 25.0 Å². The monoisotopic (exact) mass is 220 g/mol. The smallest absolute Gasteiger partial charge is 0.0698 e. The lowest BCUT2D eigenvalue weighted by molar-refractivity contribution is 0.0292. The molecule has 0 aromatic rings. The predicted octanol–water partition coefficient (Wildman–Crippen LogP) is 3.45. The van der Waals surface area contributed by atoms with Crippen LogP contribution in [-0.4, -0.2) is 22.3 Å². The number of hydrazone groups is 1. The van der Waals surface area contributed by atoms with Crippen molar-refractivity contribution in [3.8, 4) is 0 Å². The van der Waals surface area contributed by atoms with E-state index in [1.54, 1.807) is 5.57 Å². The minimum atomic E-state index is 0.174. The minimum Gasteiger partial charge on any atom is -0.283 e. The highest BCUT2D eigenvalue weighted by Crippen LogP contribution is 2.47. The van der Waals surface area contributed by atoms with Crippen molar-refractivity contribution in [3.05, 3.63) is 11.1 Å². The number of hydrogen-bond donors (Lipinski definition) is 0. The van der Waals surface area contributed by atoms with Crippen LogP contribution >= 0.6 is 0 Å². The molecule has 0 bridgehead atoms. The van der Waals surface area contributed by atoms with Gasteiger partial charge in [0.1, 0.15) is 0 Å². The van der Waals surface area contributed by atoms with Crippen molar-refractivity contribution in [2.45, 2.75) is 60.0 Å². The Hall–Kier alpha value is -0.790. The van der Waals surface area contributed by atoms with Gasteiger partial charge in [-0.05, 0) is 34.6 Å². The third-order valence-electron chi connectivity index (χ3n) is 5.40. The Bertz CT molecular complexity index is 380. The van der Waals surface area contributed by atoms with Gasteiger partial charge < -0.3 is 0 Å². The molecule has 0 saturated heterocycles. The van der Waals surface area contributed by atoms with E-state index in [1.165, 1.54) is 11.3 Å². The highest BCUT2D eigenvalue weighted by atomic mass is 15.5. The summed E-state index contributed by atoms with van der Waals surface area (Å²) in [5, 5.41) is 7.14. The second-order valence-corrected chi connectivity index (χ2v) is 5.80. The van der Waals surface area contributed by atoms with E-state index >= 15 is 0 Å². The van der Waals surface area contributed by atoms with Crippen LogP contribution in [0.3, 0.4) is 0 Å². The van der Waals surface area contributed by atoms with Gasteiger partial charge in [-0.2, -0.15) is 5.10 Å². The molecule has 2 aliphatic heterocycles. The topological polar surface area (TPSA) is 15.6 Å².